The van der Waals surface area contributed by atoms with E-state index in [4.69, 9.17) is 4.42 Å². The van der Waals surface area contributed by atoms with Gasteiger partial charge in [-0.1, -0.05) is 6.92 Å². The van der Waals surface area contributed by atoms with Gasteiger partial charge in [0.1, 0.15) is 11.6 Å². The molecule has 2 N–H and O–H groups in total. The van der Waals surface area contributed by atoms with Crippen LogP contribution in [0.25, 0.3) is 10.9 Å². The minimum atomic E-state index is -0.263. The van der Waals surface area contributed by atoms with E-state index in [0.717, 1.165) is 22.9 Å². The van der Waals surface area contributed by atoms with Gasteiger partial charge in [0, 0.05) is 31.6 Å². The van der Waals surface area contributed by atoms with Gasteiger partial charge in [-0.2, -0.15) is 0 Å². The maximum atomic E-state index is 13.3. The van der Waals surface area contributed by atoms with E-state index in [1.54, 1.807) is 12.3 Å². The molecule has 3 aromatic rings. The summed E-state index contributed by atoms with van der Waals surface area (Å²) in [6.45, 7) is 2.74. The predicted molar refractivity (Wildman–Crippen MR) is 92.7 cm³/mol. The van der Waals surface area contributed by atoms with Gasteiger partial charge in [-0.3, -0.25) is 0 Å². The molecule has 2 aromatic heterocycles. The van der Waals surface area contributed by atoms with Gasteiger partial charge in [0.05, 0.1) is 18.3 Å². The lowest BCUT2D eigenvalue weighted by atomic mass is 10.1. The average Bonchev–Trinajstić information content (AvgIpc) is 3.18. The number of nitrogens with one attached hydrogen (secondary N) is 2. The molecule has 0 saturated heterocycles. The molecule has 0 bridgehead atoms. The second kappa shape index (κ2) is 7.38. The van der Waals surface area contributed by atoms with Crippen LogP contribution in [0.5, 0.6) is 0 Å². The van der Waals surface area contributed by atoms with Crippen LogP contribution in [0, 0.1) is 5.82 Å². The highest BCUT2D eigenvalue weighted by molar-refractivity contribution is 5.84. The number of carbonyl (C=O) groups excluding carboxylic acids is 1. The smallest absolute Gasteiger partial charge is 0.315 e. The molecule has 3 rings (SSSR count). The number of rotatable bonds is 6. The van der Waals surface area contributed by atoms with E-state index in [-0.39, 0.29) is 11.8 Å². The lowest BCUT2D eigenvalue weighted by Crippen LogP contribution is -2.36. The summed E-state index contributed by atoms with van der Waals surface area (Å²) in [5.74, 6) is 1.03. The van der Waals surface area contributed by atoms with Gasteiger partial charge in [-0.25, -0.2) is 14.2 Å². The van der Waals surface area contributed by atoms with Crippen LogP contribution in [0.15, 0.2) is 35.0 Å². The first kappa shape index (κ1) is 17.0. The third-order valence-electron chi connectivity index (χ3n) is 4.04. The lowest BCUT2D eigenvalue weighted by Gasteiger charge is -2.06. The summed E-state index contributed by atoms with van der Waals surface area (Å²) >= 11 is 0. The van der Waals surface area contributed by atoms with Crippen LogP contribution in [0.3, 0.4) is 0 Å². The molecule has 0 aliphatic carbocycles. The number of hydrogen-bond acceptors (Lipinski definition) is 3. The molecule has 0 aliphatic heterocycles. The van der Waals surface area contributed by atoms with Gasteiger partial charge in [0.25, 0.3) is 0 Å². The van der Waals surface area contributed by atoms with Crippen molar-refractivity contribution in [2.24, 2.45) is 7.05 Å². The standard InChI is InChI=1S/C18H21FN4O2/c1-3-17-21-9-14(25-17)10-22-18(24)20-7-6-12-11-23(2)16-8-13(19)4-5-15(12)16/h4-5,8-9,11H,3,6-7,10H2,1-2H3,(H2,20,22,24). The minimum Gasteiger partial charge on any atom is -0.444 e. The van der Waals surface area contributed by atoms with Crippen LogP contribution < -0.4 is 10.6 Å². The summed E-state index contributed by atoms with van der Waals surface area (Å²) in [5, 5.41) is 6.55. The Balaban J connectivity index is 1.50. The number of aromatic nitrogens is 2. The van der Waals surface area contributed by atoms with Crippen molar-refractivity contribution in [2.75, 3.05) is 6.54 Å². The topological polar surface area (TPSA) is 72.1 Å². The molecule has 0 radical (unpaired) electrons. The second-order valence-electron chi connectivity index (χ2n) is 5.86. The number of fused-ring (bicyclic) bond motifs is 1. The number of nitrogens with zero attached hydrogens (tertiary/aromatic N) is 2. The van der Waals surface area contributed by atoms with Crippen LogP contribution in [0.2, 0.25) is 0 Å². The highest BCUT2D eigenvalue weighted by Gasteiger charge is 2.09. The van der Waals surface area contributed by atoms with E-state index in [0.29, 0.717) is 31.2 Å². The summed E-state index contributed by atoms with van der Waals surface area (Å²) in [6, 6.07) is 4.48. The van der Waals surface area contributed by atoms with Gasteiger partial charge >= 0.3 is 6.03 Å². The Morgan fingerprint density at radius 2 is 2.20 bits per heavy atom. The van der Waals surface area contributed by atoms with Crippen molar-refractivity contribution in [3.05, 3.63) is 53.6 Å². The highest BCUT2D eigenvalue weighted by atomic mass is 19.1. The molecule has 0 aliphatic rings. The fourth-order valence-electron chi connectivity index (χ4n) is 2.77. The van der Waals surface area contributed by atoms with Gasteiger partial charge in [0.2, 0.25) is 0 Å². The number of benzene rings is 1. The van der Waals surface area contributed by atoms with Gasteiger partial charge in [-0.15, -0.1) is 0 Å². The zero-order valence-electron chi connectivity index (χ0n) is 14.3. The minimum absolute atomic E-state index is 0.253. The fraction of sp³-hybridized carbons (Fsp3) is 0.333. The summed E-state index contributed by atoms with van der Waals surface area (Å²) in [4.78, 5) is 15.9. The van der Waals surface area contributed by atoms with Crippen molar-refractivity contribution < 1.29 is 13.6 Å². The molecule has 25 heavy (non-hydrogen) atoms. The number of hydrogen-bond donors (Lipinski definition) is 2. The molecule has 0 unspecified atom stereocenters. The first-order valence-corrected chi connectivity index (χ1v) is 8.25. The Morgan fingerprint density at radius 3 is 2.96 bits per heavy atom. The Hall–Kier alpha value is -2.83. The third kappa shape index (κ3) is 3.99. The maximum Gasteiger partial charge on any atom is 0.315 e. The molecule has 0 fully saturated rings. The van der Waals surface area contributed by atoms with E-state index in [1.165, 1.54) is 12.1 Å². The highest BCUT2D eigenvalue weighted by Crippen LogP contribution is 2.21. The van der Waals surface area contributed by atoms with E-state index in [9.17, 15) is 9.18 Å². The zero-order chi connectivity index (χ0) is 17.8. The number of aryl methyl sites for hydroxylation is 2. The number of halogens is 1. The summed E-state index contributed by atoms with van der Waals surface area (Å²) in [7, 11) is 1.88. The normalized spacial score (nSPS) is 11.0. The number of oxazole rings is 1. The molecule has 1 aromatic carbocycles. The van der Waals surface area contributed by atoms with Crippen molar-refractivity contribution in [2.45, 2.75) is 26.3 Å². The first-order chi connectivity index (χ1) is 12.1. The Morgan fingerprint density at radius 1 is 1.36 bits per heavy atom. The summed E-state index contributed by atoms with van der Waals surface area (Å²) in [6.07, 6.45) is 4.97. The van der Waals surface area contributed by atoms with Crippen molar-refractivity contribution in [3.63, 3.8) is 0 Å². The van der Waals surface area contributed by atoms with E-state index in [1.807, 2.05) is 24.7 Å². The summed E-state index contributed by atoms with van der Waals surface area (Å²) in [5.41, 5.74) is 1.91. The first-order valence-electron chi connectivity index (χ1n) is 8.25. The van der Waals surface area contributed by atoms with Crippen molar-refractivity contribution in [3.8, 4) is 0 Å². The Kier molecular flexibility index (Phi) is 5.02. The number of amides is 2. The predicted octanol–water partition coefficient (Wildman–Crippen LogP) is 2.91. The maximum absolute atomic E-state index is 13.3. The van der Waals surface area contributed by atoms with Crippen LogP contribution in [-0.4, -0.2) is 22.1 Å². The molecule has 132 valence electrons. The van der Waals surface area contributed by atoms with Crippen LogP contribution in [0.1, 0.15) is 24.1 Å². The molecular formula is C18H21FN4O2. The monoisotopic (exact) mass is 344 g/mol. The van der Waals surface area contributed by atoms with Crippen molar-refractivity contribution >= 4 is 16.9 Å². The van der Waals surface area contributed by atoms with E-state index in [2.05, 4.69) is 15.6 Å². The number of carbonyl (C=O) groups is 1. The summed E-state index contributed by atoms with van der Waals surface area (Å²) < 4.78 is 20.7. The molecule has 2 amide bonds. The molecule has 7 heteroatoms. The van der Waals surface area contributed by atoms with Gasteiger partial charge < -0.3 is 19.6 Å². The SMILES string of the molecule is CCc1ncc(CNC(=O)NCCc2cn(C)c3cc(F)ccc23)o1. The Bertz CT molecular complexity index is 884. The largest absolute Gasteiger partial charge is 0.444 e. The van der Waals surface area contributed by atoms with Gasteiger partial charge in [0.15, 0.2) is 5.89 Å². The molecule has 0 saturated carbocycles. The molecule has 6 nitrogen and oxygen atoms in total. The third-order valence-corrected chi connectivity index (χ3v) is 4.04. The van der Waals surface area contributed by atoms with E-state index >= 15 is 0 Å². The molecule has 2 heterocycles. The molecule has 0 atom stereocenters. The second-order valence-corrected chi connectivity index (χ2v) is 5.86. The fourth-order valence-corrected chi connectivity index (χ4v) is 2.77. The average molecular weight is 344 g/mol. The van der Waals surface area contributed by atoms with Crippen LogP contribution in [-0.2, 0) is 26.4 Å². The molecular weight excluding hydrogens is 323 g/mol. The van der Waals surface area contributed by atoms with Crippen molar-refractivity contribution in [1.29, 1.82) is 0 Å². The zero-order valence-corrected chi connectivity index (χ0v) is 14.3. The van der Waals surface area contributed by atoms with E-state index < -0.39 is 0 Å². The number of urea groups is 1. The van der Waals surface area contributed by atoms with Crippen LogP contribution in [0.4, 0.5) is 9.18 Å². The van der Waals surface area contributed by atoms with Crippen molar-refractivity contribution in [1.82, 2.24) is 20.2 Å². The quantitative estimate of drug-likeness (QED) is 0.722. The Labute approximate surface area is 145 Å². The van der Waals surface area contributed by atoms with Crippen LogP contribution >= 0.6 is 0 Å². The van der Waals surface area contributed by atoms with Gasteiger partial charge in [-0.05, 0) is 30.2 Å². The molecule has 0 spiro atoms. The lowest BCUT2D eigenvalue weighted by molar-refractivity contribution is 0.239.